The molecule has 2 nitrogen and oxygen atoms in total. The normalized spacial score (nSPS) is 10.2. The van der Waals surface area contributed by atoms with E-state index in [1.165, 1.54) is 0 Å². The summed E-state index contributed by atoms with van der Waals surface area (Å²) in [5, 5.41) is 17.4. The van der Waals surface area contributed by atoms with Gasteiger partial charge in [0.1, 0.15) is 0 Å². The molecule has 0 atom stereocenters. The molecule has 0 aliphatic rings. The Morgan fingerprint density at radius 1 is 1.23 bits per heavy atom. The van der Waals surface area contributed by atoms with Crippen LogP contribution in [0.5, 0.6) is 0 Å². The van der Waals surface area contributed by atoms with Gasteiger partial charge in [0.15, 0.2) is 0 Å². The molecule has 0 aliphatic carbocycles. The maximum absolute atomic E-state index is 8.76. The van der Waals surface area contributed by atoms with Crippen LogP contribution in [-0.2, 0) is 0 Å². The van der Waals surface area contributed by atoms with Gasteiger partial charge in [-0.1, -0.05) is 13.8 Å². The molecular weight excluding hydrogens is 191 g/mol. The predicted molar refractivity (Wildman–Crippen MR) is 52.9 cm³/mol. The first kappa shape index (κ1) is 20.0. The van der Waals surface area contributed by atoms with Gasteiger partial charge >= 0.3 is 51.4 Å². The molecule has 0 rings (SSSR count). The fraction of sp³-hybridized carbons (Fsp3) is 0.900. The van der Waals surface area contributed by atoms with Gasteiger partial charge in [0.2, 0.25) is 0 Å². The van der Waals surface area contributed by atoms with Gasteiger partial charge in [0.05, 0.1) is 6.10 Å². The Morgan fingerprint density at radius 2 is 1.46 bits per heavy atom. The van der Waals surface area contributed by atoms with Crippen LogP contribution in [0.2, 0.25) is 0 Å². The monoisotopic (exact) mass is 214 g/mol. The summed E-state index contributed by atoms with van der Waals surface area (Å²) in [5.41, 5.74) is -0.569. The average molecular weight is 214 g/mol. The molecule has 0 unspecified atom stereocenters. The fourth-order valence-corrected chi connectivity index (χ4v) is 0.289. The number of rotatable bonds is 3. The molecular formula is C10H23KO2. The van der Waals surface area contributed by atoms with Crippen LogP contribution in [0, 0.1) is 6.92 Å². The third-order valence-electron chi connectivity index (χ3n) is 1.55. The van der Waals surface area contributed by atoms with Gasteiger partial charge in [-0.05, 0) is 26.7 Å². The van der Waals surface area contributed by atoms with Crippen LogP contribution in [0.15, 0.2) is 0 Å². The van der Waals surface area contributed by atoms with Gasteiger partial charge in [0.25, 0.3) is 0 Å². The Hall–Kier alpha value is 1.56. The quantitative estimate of drug-likeness (QED) is 0.475. The minimum absolute atomic E-state index is 0. The van der Waals surface area contributed by atoms with Crippen molar-refractivity contribution in [1.82, 2.24) is 0 Å². The average Bonchev–Trinajstić information content (AvgIpc) is 2.03. The smallest absolute Gasteiger partial charge is 0.393 e. The van der Waals surface area contributed by atoms with Crippen molar-refractivity contribution in [2.75, 3.05) is 0 Å². The van der Waals surface area contributed by atoms with Crippen LogP contribution >= 0.6 is 0 Å². The van der Waals surface area contributed by atoms with Crippen LogP contribution in [-0.4, -0.2) is 21.9 Å². The SMILES string of the molecule is CCC(O)CC.[CH2-]CC(C)(C)O.[K+]. The molecule has 0 spiro atoms. The molecule has 3 heteroatoms. The van der Waals surface area contributed by atoms with Crippen molar-refractivity contribution < 1.29 is 61.6 Å². The van der Waals surface area contributed by atoms with E-state index >= 15 is 0 Å². The topological polar surface area (TPSA) is 40.5 Å². The van der Waals surface area contributed by atoms with Crippen LogP contribution in [0.3, 0.4) is 0 Å². The maximum atomic E-state index is 8.76. The zero-order valence-electron chi connectivity index (χ0n) is 9.80. The number of aliphatic hydroxyl groups is 2. The van der Waals surface area contributed by atoms with Crippen LogP contribution in [0.1, 0.15) is 47.0 Å². The number of aliphatic hydroxyl groups excluding tert-OH is 1. The summed E-state index contributed by atoms with van der Waals surface area (Å²) in [6, 6.07) is 0. The van der Waals surface area contributed by atoms with Crippen molar-refractivity contribution in [3.63, 3.8) is 0 Å². The van der Waals surface area contributed by atoms with E-state index in [4.69, 9.17) is 10.2 Å². The first-order chi connectivity index (χ1) is 5.37. The standard InChI is InChI=1S/C5H11O.C5H12O.K/c1-4-5(2,3)6;1-3-5(6)4-2;/h6H,1,4H2,2-3H3;5-6H,3-4H2,1-2H3;/q-1;;+1. The Morgan fingerprint density at radius 3 is 1.46 bits per heavy atom. The molecule has 0 aromatic heterocycles. The Labute approximate surface area is 126 Å². The second kappa shape index (κ2) is 11.6. The first-order valence-corrected chi connectivity index (χ1v) is 4.57. The van der Waals surface area contributed by atoms with Crippen LogP contribution in [0.4, 0.5) is 0 Å². The van der Waals surface area contributed by atoms with E-state index in [0.29, 0.717) is 6.42 Å². The van der Waals surface area contributed by atoms with Crippen LogP contribution in [0.25, 0.3) is 0 Å². The Bertz CT molecular complexity index is 85.4. The van der Waals surface area contributed by atoms with E-state index < -0.39 is 5.60 Å². The maximum Gasteiger partial charge on any atom is 1.00 e. The summed E-state index contributed by atoms with van der Waals surface area (Å²) in [5.74, 6) is 0. The van der Waals surface area contributed by atoms with Crippen LogP contribution < -0.4 is 51.4 Å². The number of hydrogen-bond donors (Lipinski definition) is 2. The second-order valence-electron chi connectivity index (χ2n) is 3.53. The predicted octanol–water partition coefficient (Wildman–Crippen LogP) is -0.847. The summed E-state index contributed by atoms with van der Waals surface area (Å²) in [6.45, 7) is 10.9. The molecule has 0 bridgehead atoms. The Kier molecular flexibility index (Phi) is 17.9. The van der Waals surface area contributed by atoms with E-state index in [9.17, 15) is 0 Å². The van der Waals surface area contributed by atoms with Gasteiger partial charge in [-0.3, -0.25) is 0 Å². The largest absolute Gasteiger partial charge is 1.00 e. The fourth-order valence-electron chi connectivity index (χ4n) is 0.289. The molecule has 0 aliphatic heterocycles. The van der Waals surface area contributed by atoms with Crippen molar-refractivity contribution in [3.05, 3.63) is 6.92 Å². The molecule has 0 heterocycles. The third-order valence-corrected chi connectivity index (χ3v) is 1.55. The molecule has 76 valence electrons. The summed E-state index contributed by atoms with van der Waals surface area (Å²) >= 11 is 0. The number of hydrogen-bond acceptors (Lipinski definition) is 2. The molecule has 0 amide bonds. The minimum Gasteiger partial charge on any atom is -0.393 e. The van der Waals surface area contributed by atoms with Gasteiger partial charge < -0.3 is 17.1 Å². The summed E-state index contributed by atoms with van der Waals surface area (Å²) in [7, 11) is 0. The third kappa shape index (κ3) is 24.7. The summed E-state index contributed by atoms with van der Waals surface area (Å²) in [6.07, 6.45) is 2.28. The van der Waals surface area contributed by atoms with Crippen molar-refractivity contribution >= 4 is 0 Å². The summed E-state index contributed by atoms with van der Waals surface area (Å²) in [4.78, 5) is 0. The van der Waals surface area contributed by atoms with E-state index in [0.717, 1.165) is 12.8 Å². The van der Waals surface area contributed by atoms with Gasteiger partial charge in [-0.2, -0.15) is 6.42 Å². The second-order valence-corrected chi connectivity index (χ2v) is 3.53. The first-order valence-electron chi connectivity index (χ1n) is 4.57. The molecule has 13 heavy (non-hydrogen) atoms. The molecule has 2 N–H and O–H groups in total. The molecule has 0 radical (unpaired) electrons. The zero-order chi connectivity index (χ0) is 10.2. The van der Waals surface area contributed by atoms with Crippen molar-refractivity contribution in [1.29, 1.82) is 0 Å². The van der Waals surface area contributed by atoms with E-state index in [-0.39, 0.29) is 57.5 Å². The molecule has 0 aromatic rings. The van der Waals surface area contributed by atoms with Crippen molar-refractivity contribution in [2.45, 2.75) is 58.7 Å². The van der Waals surface area contributed by atoms with E-state index in [2.05, 4.69) is 6.92 Å². The van der Waals surface area contributed by atoms with Crippen molar-refractivity contribution in [3.8, 4) is 0 Å². The van der Waals surface area contributed by atoms with Gasteiger partial charge in [-0.25, -0.2) is 0 Å². The molecule has 0 saturated carbocycles. The molecule has 0 saturated heterocycles. The molecule has 0 aromatic carbocycles. The molecule has 0 fully saturated rings. The summed E-state index contributed by atoms with van der Waals surface area (Å²) < 4.78 is 0. The zero-order valence-corrected chi connectivity index (χ0v) is 12.9. The van der Waals surface area contributed by atoms with E-state index in [1.807, 2.05) is 13.8 Å². The minimum atomic E-state index is -0.569. The van der Waals surface area contributed by atoms with Gasteiger partial charge in [0, 0.05) is 5.60 Å². The van der Waals surface area contributed by atoms with Crippen molar-refractivity contribution in [2.24, 2.45) is 0 Å². The Balaban J connectivity index is -0.000000143. The van der Waals surface area contributed by atoms with E-state index in [1.54, 1.807) is 13.8 Å². The van der Waals surface area contributed by atoms with Gasteiger partial charge in [-0.15, -0.1) is 0 Å².